The number of aryl methyl sites for hydroxylation is 1. The maximum atomic E-state index is 13.7. The molecular weight excluding hydrogens is 311 g/mol. The molecule has 2 aromatic rings. The molecule has 2 heterocycles. The van der Waals surface area contributed by atoms with E-state index in [9.17, 15) is 9.18 Å². The topological polar surface area (TPSA) is 64.4 Å². The Morgan fingerprint density at radius 1 is 1.38 bits per heavy atom. The van der Waals surface area contributed by atoms with E-state index < -0.39 is 5.41 Å². The van der Waals surface area contributed by atoms with Crippen LogP contribution < -0.4 is 5.32 Å². The number of halogens is 1. The Bertz CT molecular complexity index is 723. The number of carbonyl (C=O) groups is 1. The quantitative estimate of drug-likeness (QED) is 0.935. The van der Waals surface area contributed by atoms with Crippen molar-refractivity contribution in [3.8, 4) is 0 Å². The monoisotopic (exact) mass is 332 g/mol. The molecule has 6 heteroatoms. The van der Waals surface area contributed by atoms with Gasteiger partial charge in [-0.3, -0.25) is 4.79 Å². The number of hydrogen-bond acceptors (Lipinski definition) is 4. The van der Waals surface area contributed by atoms with Gasteiger partial charge in [-0.1, -0.05) is 12.1 Å². The van der Waals surface area contributed by atoms with Gasteiger partial charge in [0, 0.05) is 13.2 Å². The number of ether oxygens (including phenoxy) is 1. The van der Waals surface area contributed by atoms with Crippen LogP contribution in [0.1, 0.15) is 43.0 Å². The molecule has 1 amide bonds. The van der Waals surface area contributed by atoms with Gasteiger partial charge in [0.25, 0.3) is 0 Å². The van der Waals surface area contributed by atoms with E-state index >= 15 is 0 Å². The molecule has 1 aromatic carbocycles. The van der Waals surface area contributed by atoms with Crippen LogP contribution in [0.25, 0.3) is 0 Å². The highest BCUT2D eigenvalue weighted by Gasteiger charge is 2.42. The minimum absolute atomic E-state index is 0.153. The van der Waals surface area contributed by atoms with Gasteiger partial charge in [0.2, 0.25) is 11.8 Å². The van der Waals surface area contributed by atoms with Gasteiger partial charge in [-0.05, 0) is 44.4 Å². The van der Waals surface area contributed by atoms with Gasteiger partial charge in [0.05, 0.1) is 11.6 Å². The highest BCUT2D eigenvalue weighted by Crippen LogP contribution is 2.36. The fourth-order valence-electron chi connectivity index (χ4n) is 3.12. The summed E-state index contributed by atoms with van der Waals surface area (Å²) in [6, 6.07) is 5.89. The van der Waals surface area contributed by atoms with Gasteiger partial charge in [0.15, 0.2) is 0 Å². The van der Waals surface area contributed by atoms with Crippen molar-refractivity contribution in [3.63, 3.8) is 0 Å². The molecule has 1 fully saturated rings. The maximum Gasteiger partial charge on any atom is 0.231 e. The standard InChI is InChI=1S/C18H21FN2O3/c1-12-11-20-16(24-12)13(2)21-17(22)18(6-8-23-9-7-18)14-4-3-5-15(19)10-14/h3-5,10-11,13H,6-9H2,1-2H3,(H,21,22). The van der Waals surface area contributed by atoms with E-state index in [0.29, 0.717) is 43.3 Å². The second kappa shape index (κ2) is 6.73. The van der Waals surface area contributed by atoms with Crippen molar-refractivity contribution in [3.05, 3.63) is 53.5 Å². The number of amides is 1. The van der Waals surface area contributed by atoms with E-state index in [-0.39, 0.29) is 17.8 Å². The Morgan fingerprint density at radius 2 is 2.12 bits per heavy atom. The number of benzene rings is 1. The predicted molar refractivity (Wildman–Crippen MR) is 85.9 cm³/mol. The Kier molecular flexibility index (Phi) is 4.66. The molecule has 1 aromatic heterocycles. The lowest BCUT2D eigenvalue weighted by Crippen LogP contribution is -2.48. The third-order valence-corrected chi connectivity index (χ3v) is 4.52. The minimum atomic E-state index is -0.795. The first-order valence-corrected chi connectivity index (χ1v) is 8.08. The first-order valence-electron chi connectivity index (χ1n) is 8.08. The van der Waals surface area contributed by atoms with Crippen LogP contribution >= 0.6 is 0 Å². The second-order valence-corrected chi connectivity index (χ2v) is 6.21. The largest absolute Gasteiger partial charge is 0.444 e. The Balaban J connectivity index is 1.87. The molecule has 5 nitrogen and oxygen atoms in total. The van der Waals surface area contributed by atoms with Gasteiger partial charge < -0.3 is 14.5 Å². The molecule has 1 unspecified atom stereocenters. The van der Waals surface area contributed by atoms with E-state index in [0.717, 1.165) is 0 Å². The maximum absolute atomic E-state index is 13.7. The number of oxazole rings is 1. The SMILES string of the molecule is Cc1cnc(C(C)NC(=O)C2(c3cccc(F)c3)CCOCC2)o1. The Morgan fingerprint density at radius 3 is 2.75 bits per heavy atom. The highest BCUT2D eigenvalue weighted by molar-refractivity contribution is 5.88. The summed E-state index contributed by atoms with van der Waals surface area (Å²) in [5, 5.41) is 2.96. The summed E-state index contributed by atoms with van der Waals surface area (Å²) in [4.78, 5) is 17.2. The van der Waals surface area contributed by atoms with Crippen LogP contribution in [0.15, 0.2) is 34.9 Å². The van der Waals surface area contributed by atoms with E-state index in [2.05, 4.69) is 10.3 Å². The first-order chi connectivity index (χ1) is 11.5. The average Bonchev–Trinajstić information content (AvgIpc) is 3.02. The van der Waals surface area contributed by atoms with Crippen molar-refractivity contribution in [2.75, 3.05) is 13.2 Å². The molecule has 128 valence electrons. The molecule has 1 aliphatic rings. The minimum Gasteiger partial charge on any atom is -0.444 e. The van der Waals surface area contributed by atoms with Crippen LogP contribution in [-0.4, -0.2) is 24.1 Å². The Labute approximate surface area is 140 Å². The molecule has 0 spiro atoms. The average molecular weight is 332 g/mol. The van der Waals surface area contributed by atoms with E-state index in [1.54, 1.807) is 25.3 Å². The molecule has 1 aliphatic heterocycles. The number of rotatable bonds is 4. The number of hydrogen-bond donors (Lipinski definition) is 1. The van der Waals surface area contributed by atoms with Crippen molar-refractivity contribution >= 4 is 5.91 Å². The van der Waals surface area contributed by atoms with E-state index in [1.807, 2.05) is 6.92 Å². The molecule has 0 radical (unpaired) electrons. The first kappa shape index (κ1) is 16.6. The second-order valence-electron chi connectivity index (χ2n) is 6.21. The normalized spacial score (nSPS) is 18.1. The summed E-state index contributed by atoms with van der Waals surface area (Å²) in [6.45, 7) is 4.56. The molecule has 0 saturated carbocycles. The van der Waals surface area contributed by atoms with Gasteiger partial charge in [-0.25, -0.2) is 9.37 Å². The number of nitrogens with zero attached hydrogens (tertiary/aromatic N) is 1. The van der Waals surface area contributed by atoms with Crippen LogP contribution in [-0.2, 0) is 14.9 Å². The summed E-state index contributed by atoms with van der Waals surface area (Å²) in [7, 11) is 0. The molecule has 24 heavy (non-hydrogen) atoms. The predicted octanol–water partition coefficient (Wildman–Crippen LogP) is 3.05. The molecule has 0 bridgehead atoms. The van der Waals surface area contributed by atoms with E-state index in [1.165, 1.54) is 12.1 Å². The van der Waals surface area contributed by atoms with Crippen LogP contribution in [0.3, 0.4) is 0 Å². The molecule has 1 atom stereocenters. The van der Waals surface area contributed by atoms with Crippen LogP contribution in [0.4, 0.5) is 4.39 Å². The van der Waals surface area contributed by atoms with Crippen LogP contribution in [0, 0.1) is 12.7 Å². The zero-order valence-electron chi connectivity index (χ0n) is 13.8. The molecule has 1 saturated heterocycles. The number of aromatic nitrogens is 1. The molecule has 0 aliphatic carbocycles. The lowest BCUT2D eigenvalue weighted by atomic mass is 9.73. The zero-order valence-corrected chi connectivity index (χ0v) is 13.8. The van der Waals surface area contributed by atoms with Crippen molar-refractivity contribution < 1.29 is 18.3 Å². The van der Waals surface area contributed by atoms with Gasteiger partial charge in [-0.15, -0.1) is 0 Å². The smallest absolute Gasteiger partial charge is 0.231 e. The fraction of sp³-hybridized carbons (Fsp3) is 0.444. The van der Waals surface area contributed by atoms with Crippen LogP contribution in [0.2, 0.25) is 0 Å². The molecular formula is C18H21FN2O3. The summed E-state index contributed by atoms with van der Waals surface area (Å²) >= 11 is 0. The molecule has 1 N–H and O–H groups in total. The summed E-state index contributed by atoms with van der Waals surface area (Å²) in [5.41, 5.74) is -0.116. The van der Waals surface area contributed by atoms with Gasteiger partial charge in [0.1, 0.15) is 17.6 Å². The van der Waals surface area contributed by atoms with E-state index in [4.69, 9.17) is 9.15 Å². The van der Waals surface area contributed by atoms with Crippen molar-refractivity contribution in [1.82, 2.24) is 10.3 Å². The van der Waals surface area contributed by atoms with Crippen molar-refractivity contribution in [2.45, 2.75) is 38.1 Å². The third-order valence-electron chi connectivity index (χ3n) is 4.52. The number of nitrogens with one attached hydrogen (secondary N) is 1. The Hall–Kier alpha value is -2.21. The fourth-order valence-corrected chi connectivity index (χ4v) is 3.12. The van der Waals surface area contributed by atoms with Gasteiger partial charge >= 0.3 is 0 Å². The highest BCUT2D eigenvalue weighted by atomic mass is 19.1. The zero-order chi connectivity index (χ0) is 17.2. The van der Waals surface area contributed by atoms with Gasteiger partial charge in [-0.2, -0.15) is 0 Å². The number of carbonyl (C=O) groups excluding carboxylic acids is 1. The summed E-state index contributed by atoms with van der Waals surface area (Å²) in [6.07, 6.45) is 2.65. The summed E-state index contributed by atoms with van der Waals surface area (Å²) in [5.74, 6) is 0.654. The third kappa shape index (κ3) is 3.19. The lowest BCUT2D eigenvalue weighted by Gasteiger charge is -2.36. The summed E-state index contributed by atoms with van der Waals surface area (Å²) < 4.78 is 24.6. The van der Waals surface area contributed by atoms with Crippen molar-refractivity contribution in [1.29, 1.82) is 0 Å². The van der Waals surface area contributed by atoms with Crippen LogP contribution in [0.5, 0.6) is 0 Å². The molecule has 3 rings (SSSR count). The lowest BCUT2D eigenvalue weighted by molar-refractivity contribution is -0.131. The van der Waals surface area contributed by atoms with Crippen molar-refractivity contribution in [2.24, 2.45) is 0 Å².